The summed E-state index contributed by atoms with van der Waals surface area (Å²) in [6, 6.07) is 0. The molecule has 0 N–H and O–H groups in total. The van der Waals surface area contributed by atoms with E-state index >= 15 is 0 Å². The van der Waals surface area contributed by atoms with Crippen molar-refractivity contribution in [2.24, 2.45) is 5.92 Å². The van der Waals surface area contributed by atoms with E-state index in [1.807, 2.05) is 0 Å². The topological polar surface area (TPSA) is 46.1 Å². The quantitative estimate of drug-likeness (QED) is 0.858. The molecule has 0 aliphatic heterocycles. The third kappa shape index (κ3) is 5.42. The normalized spacial score (nSPS) is 11.7. The van der Waals surface area contributed by atoms with Crippen molar-refractivity contribution in [1.82, 2.24) is 14.9 Å². The number of hydrogen-bond donors (Lipinski definition) is 0. The predicted octanol–water partition coefficient (Wildman–Crippen LogP) is 2.79. The maximum absolute atomic E-state index is 12.5. The van der Waals surface area contributed by atoms with Gasteiger partial charge in [0.25, 0.3) is 5.91 Å². The number of halogens is 4. The predicted molar refractivity (Wildman–Crippen MR) is 63.8 cm³/mol. The zero-order valence-corrected chi connectivity index (χ0v) is 11.2. The van der Waals surface area contributed by atoms with Crippen molar-refractivity contribution in [1.29, 1.82) is 0 Å². The largest absolute Gasteiger partial charge is 0.406 e. The highest BCUT2D eigenvalue weighted by molar-refractivity contribution is 6.29. The Kier molecular flexibility index (Phi) is 5.11. The van der Waals surface area contributed by atoms with E-state index in [9.17, 15) is 18.0 Å². The maximum atomic E-state index is 12.5. The number of alkyl halides is 3. The van der Waals surface area contributed by atoms with Gasteiger partial charge >= 0.3 is 6.18 Å². The molecule has 0 saturated carbocycles. The molecule has 0 fully saturated rings. The molecule has 1 aromatic heterocycles. The molecule has 1 amide bonds. The summed E-state index contributed by atoms with van der Waals surface area (Å²) >= 11 is 5.57. The first-order chi connectivity index (χ1) is 8.69. The van der Waals surface area contributed by atoms with Crippen LogP contribution in [-0.4, -0.2) is 40.0 Å². The molecule has 0 aliphatic rings. The lowest BCUT2D eigenvalue weighted by molar-refractivity contribution is -0.141. The zero-order valence-electron chi connectivity index (χ0n) is 10.4. The molecule has 19 heavy (non-hydrogen) atoms. The maximum Gasteiger partial charge on any atom is 0.406 e. The molecule has 106 valence electrons. The van der Waals surface area contributed by atoms with Gasteiger partial charge < -0.3 is 4.90 Å². The second kappa shape index (κ2) is 6.18. The number of rotatable bonds is 4. The molecule has 0 unspecified atom stereocenters. The SMILES string of the molecule is CC(C)CN(CC(F)(F)F)C(=O)c1cncc(Cl)n1. The van der Waals surface area contributed by atoms with Crippen LogP contribution in [0.3, 0.4) is 0 Å². The summed E-state index contributed by atoms with van der Waals surface area (Å²) in [6.07, 6.45) is -2.16. The monoisotopic (exact) mass is 295 g/mol. The van der Waals surface area contributed by atoms with Crippen molar-refractivity contribution >= 4 is 17.5 Å². The van der Waals surface area contributed by atoms with Crippen LogP contribution in [0.1, 0.15) is 24.3 Å². The van der Waals surface area contributed by atoms with E-state index in [-0.39, 0.29) is 23.3 Å². The number of aromatic nitrogens is 2. The van der Waals surface area contributed by atoms with Gasteiger partial charge in [0, 0.05) is 6.54 Å². The van der Waals surface area contributed by atoms with Gasteiger partial charge in [0.2, 0.25) is 0 Å². The van der Waals surface area contributed by atoms with Crippen LogP contribution in [-0.2, 0) is 0 Å². The van der Waals surface area contributed by atoms with Crippen LogP contribution in [0.5, 0.6) is 0 Å². The summed E-state index contributed by atoms with van der Waals surface area (Å²) in [6.45, 7) is 2.10. The van der Waals surface area contributed by atoms with Crippen LogP contribution in [0, 0.1) is 5.92 Å². The van der Waals surface area contributed by atoms with E-state index in [0.29, 0.717) is 4.90 Å². The highest BCUT2D eigenvalue weighted by Crippen LogP contribution is 2.19. The molecule has 8 heteroatoms. The molecule has 0 atom stereocenters. The molecule has 1 heterocycles. The number of carbonyl (C=O) groups excluding carboxylic acids is 1. The van der Waals surface area contributed by atoms with Gasteiger partial charge in [-0.25, -0.2) is 4.98 Å². The Morgan fingerprint density at radius 1 is 1.42 bits per heavy atom. The molecule has 0 saturated heterocycles. The summed E-state index contributed by atoms with van der Waals surface area (Å²) in [5.41, 5.74) is -0.197. The highest BCUT2D eigenvalue weighted by atomic mass is 35.5. The molecule has 0 radical (unpaired) electrons. The molecular weight excluding hydrogens is 283 g/mol. The second-order valence-electron chi connectivity index (χ2n) is 4.42. The minimum atomic E-state index is -4.46. The van der Waals surface area contributed by atoms with E-state index in [0.717, 1.165) is 6.20 Å². The van der Waals surface area contributed by atoms with Crippen molar-refractivity contribution in [3.8, 4) is 0 Å². The van der Waals surface area contributed by atoms with Crippen LogP contribution < -0.4 is 0 Å². The average molecular weight is 296 g/mol. The fourth-order valence-corrected chi connectivity index (χ4v) is 1.63. The Balaban J connectivity index is 2.93. The van der Waals surface area contributed by atoms with Crippen molar-refractivity contribution in [2.75, 3.05) is 13.1 Å². The molecule has 0 aromatic carbocycles. The van der Waals surface area contributed by atoms with Gasteiger partial charge in [0.05, 0.1) is 12.4 Å². The summed E-state index contributed by atoms with van der Waals surface area (Å²) in [5, 5.41) is -0.0395. The number of amides is 1. The van der Waals surface area contributed by atoms with Gasteiger partial charge in [-0.2, -0.15) is 13.2 Å². The molecule has 1 aromatic rings. The van der Waals surface area contributed by atoms with Crippen LogP contribution >= 0.6 is 11.6 Å². The molecule has 4 nitrogen and oxygen atoms in total. The first-order valence-electron chi connectivity index (χ1n) is 5.52. The molecule has 1 rings (SSSR count). The molecule has 0 spiro atoms. The van der Waals surface area contributed by atoms with E-state index in [2.05, 4.69) is 9.97 Å². The lowest BCUT2D eigenvalue weighted by Gasteiger charge is -2.25. The molecular formula is C11H13ClF3N3O. The fourth-order valence-electron chi connectivity index (χ4n) is 1.48. The van der Waals surface area contributed by atoms with Gasteiger partial charge in [0.15, 0.2) is 0 Å². The van der Waals surface area contributed by atoms with Gasteiger partial charge in [-0.15, -0.1) is 0 Å². The lowest BCUT2D eigenvalue weighted by Crippen LogP contribution is -2.41. The zero-order chi connectivity index (χ0) is 14.6. The van der Waals surface area contributed by atoms with Gasteiger partial charge in [0.1, 0.15) is 17.4 Å². The standard InChI is InChI=1S/C11H13ClF3N3O/c1-7(2)5-18(6-11(13,14)15)10(19)8-3-16-4-9(12)17-8/h3-4,7H,5-6H2,1-2H3. The third-order valence-electron chi connectivity index (χ3n) is 2.07. The fraction of sp³-hybridized carbons (Fsp3) is 0.545. The summed E-state index contributed by atoms with van der Waals surface area (Å²) in [7, 11) is 0. The molecule has 0 aliphatic carbocycles. The number of carbonyl (C=O) groups is 1. The third-order valence-corrected chi connectivity index (χ3v) is 2.25. The van der Waals surface area contributed by atoms with Crippen molar-refractivity contribution in [3.63, 3.8) is 0 Å². The summed E-state index contributed by atoms with van der Waals surface area (Å²) < 4.78 is 37.4. The van der Waals surface area contributed by atoms with Gasteiger partial charge in [-0.05, 0) is 5.92 Å². The van der Waals surface area contributed by atoms with E-state index in [4.69, 9.17) is 11.6 Å². The summed E-state index contributed by atoms with van der Waals surface area (Å²) in [4.78, 5) is 20.0. The summed E-state index contributed by atoms with van der Waals surface area (Å²) in [5.74, 6) is -0.931. The lowest BCUT2D eigenvalue weighted by atomic mass is 10.2. The molecule has 0 bridgehead atoms. The van der Waals surface area contributed by atoms with E-state index in [1.165, 1.54) is 6.20 Å². The highest BCUT2D eigenvalue weighted by Gasteiger charge is 2.34. The second-order valence-corrected chi connectivity index (χ2v) is 4.81. The smallest absolute Gasteiger partial charge is 0.328 e. The Labute approximate surface area is 113 Å². The van der Waals surface area contributed by atoms with E-state index in [1.54, 1.807) is 13.8 Å². The van der Waals surface area contributed by atoms with Crippen molar-refractivity contribution in [3.05, 3.63) is 23.2 Å². The van der Waals surface area contributed by atoms with Crippen LogP contribution in [0.2, 0.25) is 5.15 Å². The van der Waals surface area contributed by atoms with Crippen molar-refractivity contribution < 1.29 is 18.0 Å². The minimum Gasteiger partial charge on any atom is -0.328 e. The van der Waals surface area contributed by atoms with Crippen molar-refractivity contribution in [2.45, 2.75) is 20.0 Å². The van der Waals surface area contributed by atoms with Crippen LogP contribution in [0.25, 0.3) is 0 Å². The average Bonchev–Trinajstić information content (AvgIpc) is 2.24. The van der Waals surface area contributed by atoms with E-state index < -0.39 is 18.6 Å². The number of hydrogen-bond acceptors (Lipinski definition) is 3. The minimum absolute atomic E-state index is 0.0213. The van der Waals surface area contributed by atoms with Gasteiger partial charge in [-0.1, -0.05) is 25.4 Å². The first kappa shape index (κ1) is 15.7. The Morgan fingerprint density at radius 2 is 2.05 bits per heavy atom. The Bertz CT molecular complexity index is 451. The number of nitrogens with zero attached hydrogens (tertiary/aromatic N) is 3. The van der Waals surface area contributed by atoms with Crippen LogP contribution in [0.15, 0.2) is 12.4 Å². The first-order valence-corrected chi connectivity index (χ1v) is 5.90. The van der Waals surface area contributed by atoms with Gasteiger partial charge in [-0.3, -0.25) is 9.78 Å². The Morgan fingerprint density at radius 3 is 2.53 bits per heavy atom. The Hall–Kier alpha value is -1.37. The van der Waals surface area contributed by atoms with Crippen LogP contribution in [0.4, 0.5) is 13.2 Å².